The number of ether oxygens (including phenoxy) is 1. The molecule has 1 aliphatic heterocycles. The second-order valence-corrected chi connectivity index (χ2v) is 11.8. The van der Waals surface area contributed by atoms with Crippen LogP contribution in [0.3, 0.4) is 0 Å². The molecule has 2 aromatic heterocycles. The summed E-state index contributed by atoms with van der Waals surface area (Å²) in [6.45, 7) is 6.20. The maximum atomic E-state index is 13.1. The van der Waals surface area contributed by atoms with Crippen molar-refractivity contribution < 1.29 is 23.9 Å². The molecular formula is C26H27N3O5S3. The molecule has 3 heterocycles. The molecule has 4 rings (SSSR count). The molecular weight excluding hydrogens is 531 g/mol. The van der Waals surface area contributed by atoms with Crippen molar-refractivity contribution >= 4 is 68.8 Å². The molecule has 1 aliphatic rings. The van der Waals surface area contributed by atoms with Gasteiger partial charge in [-0.05, 0) is 55.5 Å². The summed E-state index contributed by atoms with van der Waals surface area (Å²) in [5.74, 6) is -0.938. The molecule has 0 aliphatic carbocycles. The molecule has 37 heavy (non-hydrogen) atoms. The lowest BCUT2D eigenvalue weighted by atomic mass is 10.0. The number of thiophene rings is 2. The van der Waals surface area contributed by atoms with Crippen molar-refractivity contribution in [2.24, 2.45) is 0 Å². The third-order valence-corrected chi connectivity index (χ3v) is 8.83. The highest BCUT2D eigenvalue weighted by Crippen LogP contribution is 2.38. The van der Waals surface area contributed by atoms with E-state index >= 15 is 0 Å². The first-order valence-corrected chi connectivity index (χ1v) is 14.3. The maximum Gasteiger partial charge on any atom is 0.341 e. The number of thioether (sulfide) groups is 1. The number of hydrogen-bond acceptors (Lipinski definition) is 8. The van der Waals surface area contributed by atoms with Crippen molar-refractivity contribution in [3.05, 3.63) is 62.7 Å². The van der Waals surface area contributed by atoms with Crippen LogP contribution in [0.4, 0.5) is 10.7 Å². The maximum absolute atomic E-state index is 13.1. The van der Waals surface area contributed by atoms with E-state index in [0.29, 0.717) is 40.6 Å². The van der Waals surface area contributed by atoms with E-state index in [1.54, 1.807) is 30.9 Å². The van der Waals surface area contributed by atoms with Crippen LogP contribution in [-0.4, -0.2) is 47.0 Å². The van der Waals surface area contributed by atoms with Crippen molar-refractivity contribution in [3.8, 4) is 0 Å². The number of carbonyl (C=O) groups is 4. The number of amides is 3. The van der Waals surface area contributed by atoms with Crippen LogP contribution in [-0.2, 0) is 27.3 Å². The summed E-state index contributed by atoms with van der Waals surface area (Å²) in [7, 11) is 0. The first kappa shape index (κ1) is 26.9. The number of esters is 1. The smallest absolute Gasteiger partial charge is 0.341 e. The van der Waals surface area contributed by atoms with Gasteiger partial charge in [-0.1, -0.05) is 12.1 Å². The number of anilines is 2. The fraction of sp³-hybridized carbons (Fsp3) is 0.308. The van der Waals surface area contributed by atoms with Crippen molar-refractivity contribution in [1.82, 2.24) is 4.90 Å². The summed E-state index contributed by atoms with van der Waals surface area (Å²) >= 11 is 4.03. The Kier molecular flexibility index (Phi) is 8.67. The lowest BCUT2D eigenvalue weighted by Gasteiger charge is -2.25. The van der Waals surface area contributed by atoms with Crippen molar-refractivity contribution in [3.63, 3.8) is 0 Å². The molecule has 3 amide bonds. The van der Waals surface area contributed by atoms with Crippen molar-refractivity contribution in [2.45, 2.75) is 43.9 Å². The van der Waals surface area contributed by atoms with Crippen molar-refractivity contribution in [2.75, 3.05) is 23.8 Å². The van der Waals surface area contributed by atoms with Gasteiger partial charge in [-0.15, -0.1) is 34.4 Å². The summed E-state index contributed by atoms with van der Waals surface area (Å²) in [5, 5.41) is 7.61. The fourth-order valence-electron chi connectivity index (χ4n) is 3.90. The minimum Gasteiger partial charge on any atom is -0.462 e. The van der Waals surface area contributed by atoms with Gasteiger partial charge in [0.2, 0.25) is 11.8 Å². The Bertz CT molecular complexity index is 1320. The standard InChI is InChI=1S/C26H27N3O5S3/c1-4-34-26(33)22-19-10-11-29(16(3)30)14-21(19)37-25(22)28-23(31)15(2)36-18-8-5-7-17(13-18)27-24(32)20-9-6-12-35-20/h5-9,12-13,15H,4,10-11,14H2,1-3H3,(H,27,32)(H,28,31). The molecule has 1 aromatic carbocycles. The zero-order chi connectivity index (χ0) is 26.5. The van der Waals surface area contributed by atoms with Gasteiger partial charge in [0.15, 0.2) is 0 Å². The van der Waals surface area contributed by atoms with E-state index in [1.807, 2.05) is 29.6 Å². The second-order valence-electron chi connectivity index (χ2n) is 8.33. The van der Waals surface area contributed by atoms with Crippen LogP contribution in [0.1, 0.15) is 51.2 Å². The van der Waals surface area contributed by atoms with E-state index in [9.17, 15) is 19.2 Å². The summed E-state index contributed by atoms with van der Waals surface area (Å²) < 4.78 is 5.27. The van der Waals surface area contributed by atoms with Crippen LogP contribution >= 0.6 is 34.4 Å². The van der Waals surface area contributed by atoms with E-state index < -0.39 is 11.2 Å². The van der Waals surface area contributed by atoms with Gasteiger partial charge < -0.3 is 20.3 Å². The molecule has 0 bridgehead atoms. The molecule has 11 heteroatoms. The zero-order valence-electron chi connectivity index (χ0n) is 20.7. The summed E-state index contributed by atoms with van der Waals surface area (Å²) in [5.41, 5.74) is 1.86. The minimum atomic E-state index is -0.480. The normalized spacial score (nSPS) is 13.4. The Morgan fingerprint density at radius 2 is 1.97 bits per heavy atom. The first-order valence-electron chi connectivity index (χ1n) is 11.8. The molecule has 3 aromatic rings. The molecule has 0 saturated heterocycles. The third-order valence-electron chi connectivity index (χ3n) is 5.74. The van der Waals surface area contributed by atoms with Crippen LogP contribution in [0.15, 0.2) is 46.7 Å². The fourth-order valence-corrected chi connectivity index (χ4v) is 6.70. The van der Waals surface area contributed by atoms with Crippen LogP contribution in [0.2, 0.25) is 0 Å². The number of hydrogen-bond donors (Lipinski definition) is 2. The Labute approximate surface area is 227 Å². The predicted octanol–water partition coefficient (Wildman–Crippen LogP) is 5.26. The van der Waals surface area contributed by atoms with Gasteiger partial charge in [0.1, 0.15) is 5.00 Å². The third kappa shape index (κ3) is 6.41. The average molecular weight is 558 g/mol. The largest absolute Gasteiger partial charge is 0.462 e. The Morgan fingerprint density at radius 3 is 2.68 bits per heavy atom. The Balaban J connectivity index is 1.47. The number of carbonyl (C=O) groups excluding carboxylic acids is 4. The zero-order valence-corrected chi connectivity index (χ0v) is 23.1. The van der Waals surface area contributed by atoms with Gasteiger partial charge in [-0.2, -0.15) is 0 Å². The number of fused-ring (bicyclic) bond motifs is 1. The minimum absolute atomic E-state index is 0.0267. The van der Waals surface area contributed by atoms with E-state index in [1.165, 1.54) is 41.4 Å². The number of nitrogens with zero attached hydrogens (tertiary/aromatic N) is 1. The number of rotatable bonds is 8. The highest BCUT2D eigenvalue weighted by Gasteiger charge is 2.31. The Hall–Kier alpha value is -3.15. The molecule has 0 spiro atoms. The quantitative estimate of drug-likeness (QED) is 0.289. The molecule has 0 fully saturated rings. The average Bonchev–Trinajstić information content (AvgIpc) is 3.52. The van der Waals surface area contributed by atoms with Crippen LogP contribution in [0.5, 0.6) is 0 Å². The molecule has 8 nitrogen and oxygen atoms in total. The van der Waals surface area contributed by atoms with Gasteiger partial charge in [-0.3, -0.25) is 14.4 Å². The van der Waals surface area contributed by atoms with Crippen LogP contribution in [0.25, 0.3) is 0 Å². The molecule has 1 unspecified atom stereocenters. The molecule has 0 saturated carbocycles. The van der Waals surface area contributed by atoms with Crippen molar-refractivity contribution in [1.29, 1.82) is 0 Å². The number of benzene rings is 1. The van der Waals surface area contributed by atoms with Crippen LogP contribution in [0, 0.1) is 0 Å². The predicted molar refractivity (Wildman–Crippen MR) is 148 cm³/mol. The van der Waals surface area contributed by atoms with E-state index in [4.69, 9.17) is 4.74 Å². The van der Waals surface area contributed by atoms with Gasteiger partial charge in [0.05, 0.1) is 28.8 Å². The van der Waals surface area contributed by atoms with E-state index in [-0.39, 0.29) is 24.3 Å². The lowest BCUT2D eigenvalue weighted by molar-refractivity contribution is -0.129. The van der Waals surface area contributed by atoms with Gasteiger partial charge in [-0.25, -0.2) is 4.79 Å². The highest BCUT2D eigenvalue weighted by molar-refractivity contribution is 8.00. The first-order chi connectivity index (χ1) is 17.8. The monoisotopic (exact) mass is 557 g/mol. The summed E-state index contributed by atoms with van der Waals surface area (Å²) in [4.78, 5) is 54.2. The highest BCUT2D eigenvalue weighted by atomic mass is 32.2. The van der Waals surface area contributed by atoms with Gasteiger partial charge in [0, 0.05) is 28.9 Å². The van der Waals surface area contributed by atoms with Gasteiger partial charge >= 0.3 is 5.97 Å². The second kappa shape index (κ2) is 11.9. The molecule has 194 valence electrons. The lowest BCUT2D eigenvalue weighted by Crippen LogP contribution is -2.34. The topological polar surface area (TPSA) is 105 Å². The summed E-state index contributed by atoms with van der Waals surface area (Å²) in [6.07, 6.45) is 0.531. The summed E-state index contributed by atoms with van der Waals surface area (Å²) in [6, 6.07) is 10.9. The van der Waals surface area contributed by atoms with E-state index in [0.717, 1.165) is 15.3 Å². The van der Waals surface area contributed by atoms with Gasteiger partial charge in [0.25, 0.3) is 5.91 Å². The molecule has 0 radical (unpaired) electrons. The molecule has 2 N–H and O–H groups in total. The number of nitrogens with one attached hydrogen (secondary N) is 2. The molecule has 1 atom stereocenters. The Morgan fingerprint density at radius 1 is 1.16 bits per heavy atom. The van der Waals surface area contributed by atoms with E-state index in [2.05, 4.69) is 10.6 Å². The SMILES string of the molecule is CCOC(=O)c1c(NC(=O)C(C)Sc2cccc(NC(=O)c3cccs3)c2)sc2c1CCN(C(C)=O)C2. The van der Waals surface area contributed by atoms with Crippen LogP contribution < -0.4 is 10.6 Å².